The van der Waals surface area contributed by atoms with Crippen LogP contribution < -0.4 is 10.2 Å². The number of hydrogen-bond donors (Lipinski definition) is 1. The molecule has 32 heavy (non-hydrogen) atoms. The third kappa shape index (κ3) is 4.88. The van der Waals surface area contributed by atoms with Gasteiger partial charge in [-0.3, -0.25) is 4.79 Å². The van der Waals surface area contributed by atoms with Gasteiger partial charge in [0.05, 0.1) is 0 Å². The van der Waals surface area contributed by atoms with Crippen molar-refractivity contribution in [3.05, 3.63) is 51.3 Å². The van der Waals surface area contributed by atoms with Crippen LogP contribution in [0, 0.1) is 0 Å². The highest BCUT2D eigenvalue weighted by molar-refractivity contribution is 6.34. The van der Waals surface area contributed by atoms with Gasteiger partial charge in [-0.05, 0) is 30.2 Å². The van der Waals surface area contributed by atoms with Gasteiger partial charge in [0, 0.05) is 48.4 Å². The van der Waals surface area contributed by atoms with E-state index in [1.165, 1.54) is 6.07 Å². The molecule has 0 bridgehead atoms. The Morgan fingerprint density at radius 2 is 1.78 bits per heavy atom. The van der Waals surface area contributed by atoms with Crippen molar-refractivity contribution >= 4 is 35.1 Å². The van der Waals surface area contributed by atoms with Crippen LogP contribution in [0.2, 0.25) is 10.0 Å². The van der Waals surface area contributed by atoms with Crippen molar-refractivity contribution in [1.82, 2.24) is 15.3 Å². The molecule has 2 heterocycles. The maximum atomic E-state index is 14.2. The molecule has 0 radical (unpaired) electrons. The number of aromatic nitrogens is 2. The number of carbonyl (C=O) groups is 1. The summed E-state index contributed by atoms with van der Waals surface area (Å²) < 4.78 is 83.1. The third-order valence-electron chi connectivity index (χ3n) is 5.16. The first-order valence-corrected chi connectivity index (χ1v) is 9.94. The number of nitrogens with one attached hydrogen (secondary N) is 1. The van der Waals surface area contributed by atoms with Gasteiger partial charge in [0.2, 0.25) is 11.9 Å². The standard InChI is InChI=1S/C19H16Cl2F6N4O/c1-10(32)28-7-11-8-29-16(30-15(11)18(22,23)24)31-3-2-17(9-31,19(25,26)27)12-4-13(20)6-14(21)5-12/h4-6,8H,2-3,7,9H2,1H3,(H,28,32). The second kappa shape index (κ2) is 8.58. The average Bonchev–Trinajstić information content (AvgIpc) is 3.11. The highest BCUT2D eigenvalue weighted by atomic mass is 35.5. The summed E-state index contributed by atoms with van der Waals surface area (Å²) in [5, 5.41) is 2.24. The highest BCUT2D eigenvalue weighted by Crippen LogP contribution is 2.49. The molecule has 1 aliphatic rings. The molecule has 3 rings (SSSR count). The van der Waals surface area contributed by atoms with E-state index in [9.17, 15) is 31.1 Å². The molecule has 1 aliphatic heterocycles. The van der Waals surface area contributed by atoms with Gasteiger partial charge in [-0.25, -0.2) is 9.97 Å². The fourth-order valence-electron chi connectivity index (χ4n) is 3.59. The number of benzene rings is 1. The number of hydrogen-bond acceptors (Lipinski definition) is 4. The Kier molecular flexibility index (Phi) is 6.54. The van der Waals surface area contributed by atoms with Gasteiger partial charge in [-0.1, -0.05) is 23.2 Å². The molecule has 1 atom stereocenters. The Balaban J connectivity index is 2.00. The Labute approximate surface area is 188 Å². The van der Waals surface area contributed by atoms with Crippen LogP contribution in [0.4, 0.5) is 32.3 Å². The molecule has 1 fully saturated rings. The summed E-state index contributed by atoms with van der Waals surface area (Å²) in [6.07, 6.45) is -9.24. The third-order valence-corrected chi connectivity index (χ3v) is 5.59. The molecule has 2 aromatic rings. The minimum atomic E-state index is -4.90. The summed E-state index contributed by atoms with van der Waals surface area (Å²) in [6.45, 7) is -0.301. The fraction of sp³-hybridized carbons (Fsp3) is 0.421. The number of anilines is 1. The molecule has 1 saturated heterocycles. The fourth-order valence-corrected chi connectivity index (χ4v) is 4.11. The number of halogens is 8. The number of rotatable bonds is 4. The zero-order chi connectivity index (χ0) is 23.9. The van der Waals surface area contributed by atoms with Crippen molar-refractivity contribution in [3.8, 4) is 0 Å². The number of carbonyl (C=O) groups excluding carboxylic acids is 1. The van der Waals surface area contributed by atoms with Crippen LogP contribution in [-0.4, -0.2) is 35.1 Å². The van der Waals surface area contributed by atoms with E-state index in [-0.39, 0.29) is 22.2 Å². The quantitative estimate of drug-likeness (QED) is 0.590. The molecule has 13 heteroatoms. The Hall–Kier alpha value is -2.27. The minimum Gasteiger partial charge on any atom is -0.352 e. The summed E-state index contributed by atoms with van der Waals surface area (Å²) in [7, 11) is 0. The minimum absolute atomic E-state index is 0.00695. The van der Waals surface area contributed by atoms with E-state index < -0.39 is 60.4 Å². The van der Waals surface area contributed by atoms with E-state index in [0.29, 0.717) is 0 Å². The Morgan fingerprint density at radius 3 is 2.31 bits per heavy atom. The largest absolute Gasteiger partial charge is 0.433 e. The Bertz CT molecular complexity index is 1010. The van der Waals surface area contributed by atoms with Gasteiger partial charge in [-0.2, -0.15) is 26.3 Å². The molecule has 0 spiro atoms. The first-order chi connectivity index (χ1) is 14.7. The van der Waals surface area contributed by atoms with Crippen LogP contribution in [0.25, 0.3) is 0 Å². The zero-order valence-corrected chi connectivity index (χ0v) is 17.9. The van der Waals surface area contributed by atoms with E-state index in [1.807, 2.05) is 0 Å². The van der Waals surface area contributed by atoms with Crippen molar-refractivity contribution < 1.29 is 31.1 Å². The van der Waals surface area contributed by atoms with Gasteiger partial charge < -0.3 is 10.2 Å². The van der Waals surface area contributed by atoms with Crippen molar-refractivity contribution in [2.75, 3.05) is 18.0 Å². The first-order valence-electron chi connectivity index (χ1n) is 9.19. The summed E-state index contributed by atoms with van der Waals surface area (Å²) in [5.74, 6) is -1.06. The van der Waals surface area contributed by atoms with Crippen molar-refractivity contribution in [2.45, 2.75) is 37.7 Å². The predicted octanol–water partition coefficient (Wildman–Crippen LogP) is 5.15. The summed E-state index contributed by atoms with van der Waals surface area (Å²) in [4.78, 5) is 19.4. The molecule has 5 nitrogen and oxygen atoms in total. The van der Waals surface area contributed by atoms with Crippen LogP contribution in [0.15, 0.2) is 24.4 Å². The van der Waals surface area contributed by atoms with Gasteiger partial charge in [0.1, 0.15) is 5.41 Å². The lowest BCUT2D eigenvalue weighted by molar-refractivity contribution is -0.184. The molecule has 1 aromatic carbocycles. The molecule has 1 aromatic heterocycles. The monoisotopic (exact) mass is 500 g/mol. The van der Waals surface area contributed by atoms with Crippen LogP contribution in [-0.2, 0) is 22.9 Å². The molecule has 1 unspecified atom stereocenters. The smallest absolute Gasteiger partial charge is 0.352 e. The molecule has 0 saturated carbocycles. The molecular weight excluding hydrogens is 485 g/mol. The van der Waals surface area contributed by atoms with Crippen molar-refractivity contribution in [2.24, 2.45) is 0 Å². The first kappa shape index (κ1) is 24.4. The number of amides is 1. The summed E-state index contributed by atoms with van der Waals surface area (Å²) >= 11 is 11.8. The van der Waals surface area contributed by atoms with Crippen LogP contribution in [0.1, 0.15) is 30.2 Å². The van der Waals surface area contributed by atoms with E-state index >= 15 is 0 Å². The van der Waals surface area contributed by atoms with Crippen LogP contribution >= 0.6 is 23.2 Å². The van der Waals surface area contributed by atoms with E-state index in [0.717, 1.165) is 30.2 Å². The average molecular weight is 501 g/mol. The van der Waals surface area contributed by atoms with Gasteiger partial charge in [-0.15, -0.1) is 0 Å². The van der Waals surface area contributed by atoms with Gasteiger partial charge >= 0.3 is 12.4 Å². The van der Waals surface area contributed by atoms with E-state index in [4.69, 9.17) is 23.2 Å². The predicted molar refractivity (Wildman–Crippen MR) is 106 cm³/mol. The lowest BCUT2D eigenvalue weighted by atomic mass is 9.79. The van der Waals surface area contributed by atoms with Gasteiger partial charge in [0.25, 0.3) is 0 Å². The lowest BCUT2D eigenvalue weighted by Gasteiger charge is -2.32. The topological polar surface area (TPSA) is 58.1 Å². The highest BCUT2D eigenvalue weighted by Gasteiger charge is 2.59. The molecule has 1 amide bonds. The normalized spacial score (nSPS) is 19.3. The molecular formula is C19H16Cl2F6N4O. The molecule has 0 aliphatic carbocycles. The zero-order valence-electron chi connectivity index (χ0n) is 16.4. The Morgan fingerprint density at radius 1 is 1.16 bits per heavy atom. The van der Waals surface area contributed by atoms with Crippen molar-refractivity contribution in [3.63, 3.8) is 0 Å². The van der Waals surface area contributed by atoms with E-state index in [1.54, 1.807) is 0 Å². The van der Waals surface area contributed by atoms with Crippen LogP contribution in [0.5, 0.6) is 0 Å². The SMILES string of the molecule is CC(=O)NCc1cnc(N2CCC(c3cc(Cl)cc(Cl)c3)(C(F)(F)F)C2)nc1C(F)(F)F. The number of alkyl halides is 6. The lowest BCUT2D eigenvalue weighted by Crippen LogP contribution is -2.45. The summed E-state index contributed by atoms with van der Waals surface area (Å²) in [5.41, 5.74) is -4.34. The van der Waals surface area contributed by atoms with E-state index in [2.05, 4.69) is 15.3 Å². The molecule has 1 N–H and O–H groups in total. The van der Waals surface area contributed by atoms with Crippen LogP contribution in [0.3, 0.4) is 0 Å². The number of nitrogens with zero attached hydrogens (tertiary/aromatic N) is 3. The second-order valence-corrected chi connectivity index (χ2v) is 8.23. The van der Waals surface area contributed by atoms with Crippen molar-refractivity contribution in [1.29, 1.82) is 0 Å². The second-order valence-electron chi connectivity index (χ2n) is 7.36. The molecule has 174 valence electrons. The summed E-state index contributed by atoms with van der Waals surface area (Å²) in [6, 6.07) is 3.57. The maximum Gasteiger partial charge on any atom is 0.433 e. The van der Waals surface area contributed by atoms with Gasteiger partial charge in [0.15, 0.2) is 5.69 Å². The maximum absolute atomic E-state index is 14.2.